The highest BCUT2D eigenvalue weighted by atomic mass is 16.5. The van der Waals surface area contributed by atoms with Crippen molar-refractivity contribution in [1.29, 1.82) is 0 Å². The third kappa shape index (κ3) is 5.56. The molecule has 0 bridgehead atoms. The Hall–Kier alpha value is -1.88. The highest BCUT2D eigenvalue weighted by Gasteiger charge is 2.25. The van der Waals surface area contributed by atoms with Crippen molar-refractivity contribution in [3.8, 4) is 5.75 Å². The van der Waals surface area contributed by atoms with Gasteiger partial charge in [-0.15, -0.1) is 0 Å². The Labute approximate surface area is 157 Å². The molecule has 2 aromatic carbocycles. The maximum atomic E-state index is 10.3. The van der Waals surface area contributed by atoms with Gasteiger partial charge in [-0.3, -0.25) is 0 Å². The number of hydrogen-bond acceptors (Lipinski definition) is 2. The molecular formula is C22H32N2O2+2. The lowest BCUT2D eigenvalue weighted by Gasteiger charge is -2.30. The van der Waals surface area contributed by atoms with E-state index in [0.29, 0.717) is 6.61 Å². The first-order valence-electron chi connectivity index (χ1n) is 9.69. The molecule has 0 unspecified atom stereocenters. The molecule has 1 heterocycles. The number of quaternary nitrogens is 2. The van der Waals surface area contributed by atoms with Crippen LogP contribution in [0.1, 0.15) is 16.7 Å². The van der Waals surface area contributed by atoms with Gasteiger partial charge in [0, 0.05) is 5.56 Å². The summed E-state index contributed by atoms with van der Waals surface area (Å²) in [4.78, 5) is 3.12. The van der Waals surface area contributed by atoms with Crippen LogP contribution in [0.2, 0.25) is 0 Å². The van der Waals surface area contributed by atoms with Crippen LogP contribution < -0.4 is 14.5 Å². The molecule has 1 aliphatic rings. The molecular weight excluding hydrogens is 324 g/mol. The molecule has 2 aromatic rings. The molecule has 140 valence electrons. The van der Waals surface area contributed by atoms with Gasteiger partial charge in [-0.2, -0.15) is 0 Å². The molecule has 4 nitrogen and oxygen atoms in total. The fraction of sp³-hybridized carbons (Fsp3) is 0.455. The van der Waals surface area contributed by atoms with Crippen molar-refractivity contribution < 1.29 is 19.6 Å². The van der Waals surface area contributed by atoms with Crippen molar-refractivity contribution in [2.45, 2.75) is 26.5 Å². The molecule has 0 amide bonds. The van der Waals surface area contributed by atoms with Gasteiger partial charge in [-0.05, 0) is 37.1 Å². The molecule has 1 saturated heterocycles. The topological polar surface area (TPSA) is 38.3 Å². The number of aliphatic hydroxyl groups is 1. The molecule has 1 fully saturated rings. The predicted molar refractivity (Wildman–Crippen MR) is 104 cm³/mol. The summed E-state index contributed by atoms with van der Waals surface area (Å²) in [7, 11) is 0. The van der Waals surface area contributed by atoms with Gasteiger partial charge in [0.05, 0.1) is 0 Å². The third-order valence-electron chi connectivity index (χ3n) is 5.41. The lowest BCUT2D eigenvalue weighted by atomic mass is 10.1. The zero-order chi connectivity index (χ0) is 18.4. The molecule has 0 radical (unpaired) electrons. The summed E-state index contributed by atoms with van der Waals surface area (Å²) in [5, 5.41) is 10.3. The fourth-order valence-corrected chi connectivity index (χ4v) is 3.61. The van der Waals surface area contributed by atoms with Crippen LogP contribution in [-0.4, -0.2) is 50.5 Å². The van der Waals surface area contributed by atoms with Crippen molar-refractivity contribution in [3.63, 3.8) is 0 Å². The van der Waals surface area contributed by atoms with E-state index >= 15 is 0 Å². The zero-order valence-electron chi connectivity index (χ0n) is 16.0. The van der Waals surface area contributed by atoms with Crippen LogP contribution in [0.15, 0.2) is 48.5 Å². The van der Waals surface area contributed by atoms with E-state index in [1.54, 1.807) is 4.90 Å². The highest BCUT2D eigenvalue weighted by Crippen LogP contribution is 2.16. The number of rotatable bonds is 7. The fourth-order valence-electron chi connectivity index (χ4n) is 3.61. The average molecular weight is 357 g/mol. The van der Waals surface area contributed by atoms with Gasteiger partial charge in [-0.1, -0.05) is 36.4 Å². The Kier molecular flexibility index (Phi) is 6.67. The van der Waals surface area contributed by atoms with E-state index in [1.807, 2.05) is 12.1 Å². The van der Waals surface area contributed by atoms with Gasteiger partial charge >= 0.3 is 0 Å². The van der Waals surface area contributed by atoms with Crippen molar-refractivity contribution in [2.75, 3.05) is 39.3 Å². The Morgan fingerprint density at radius 1 is 0.923 bits per heavy atom. The first-order valence-corrected chi connectivity index (χ1v) is 9.69. The van der Waals surface area contributed by atoms with E-state index in [4.69, 9.17) is 4.74 Å². The molecule has 0 saturated carbocycles. The number of ether oxygens (including phenoxy) is 1. The summed E-state index contributed by atoms with van der Waals surface area (Å²) in [6, 6.07) is 16.8. The SMILES string of the molecule is Cc1ccc(OC[C@H](O)C[NH+]2CC[NH+](Cc3ccccc3)CC2)cc1C. The summed E-state index contributed by atoms with van der Waals surface area (Å²) < 4.78 is 5.78. The second-order valence-electron chi connectivity index (χ2n) is 7.58. The summed E-state index contributed by atoms with van der Waals surface area (Å²) >= 11 is 0. The van der Waals surface area contributed by atoms with Crippen molar-refractivity contribution in [1.82, 2.24) is 0 Å². The number of hydrogen-bond donors (Lipinski definition) is 3. The Morgan fingerprint density at radius 2 is 1.62 bits per heavy atom. The van der Waals surface area contributed by atoms with Crippen molar-refractivity contribution in [2.24, 2.45) is 0 Å². The minimum absolute atomic E-state index is 0.368. The van der Waals surface area contributed by atoms with E-state index in [2.05, 4.69) is 50.2 Å². The Bertz CT molecular complexity index is 682. The Morgan fingerprint density at radius 3 is 2.31 bits per heavy atom. The summed E-state index contributed by atoms with van der Waals surface area (Å²) in [5.41, 5.74) is 3.89. The molecule has 26 heavy (non-hydrogen) atoms. The van der Waals surface area contributed by atoms with Crippen LogP contribution in [0.25, 0.3) is 0 Å². The largest absolute Gasteiger partial charge is 0.491 e. The van der Waals surface area contributed by atoms with Crippen molar-refractivity contribution >= 4 is 0 Å². The molecule has 3 rings (SSSR count). The quantitative estimate of drug-likeness (QED) is 0.655. The van der Waals surface area contributed by atoms with Gasteiger partial charge in [0.2, 0.25) is 0 Å². The van der Waals surface area contributed by atoms with Crippen molar-refractivity contribution in [3.05, 3.63) is 65.2 Å². The van der Waals surface area contributed by atoms with Crippen LogP contribution in [-0.2, 0) is 6.54 Å². The number of aryl methyl sites for hydroxylation is 2. The van der Waals surface area contributed by atoms with Crippen LogP contribution in [0.5, 0.6) is 5.75 Å². The second-order valence-corrected chi connectivity index (χ2v) is 7.58. The third-order valence-corrected chi connectivity index (χ3v) is 5.41. The number of benzene rings is 2. The standard InChI is InChI=1S/C22H30N2O2/c1-18-8-9-22(14-19(18)2)26-17-21(25)16-24-12-10-23(11-13-24)15-20-6-4-3-5-7-20/h3-9,14,21,25H,10-13,15-17H2,1-2H3/p+2/t21-/m1/s1. The monoisotopic (exact) mass is 356 g/mol. The smallest absolute Gasteiger partial charge is 0.137 e. The van der Waals surface area contributed by atoms with Crippen LogP contribution in [0, 0.1) is 13.8 Å². The number of aliphatic hydroxyl groups excluding tert-OH is 1. The van der Waals surface area contributed by atoms with Crippen LogP contribution in [0.4, 0.5) is 0 Å². The average Bonchev–Trinajstić information content (AvgIpc) is 2.65. The second kappa shape index (κ2) is 9.17. The van der Waals surface area contributed by atoms with E-state index in [9.17, 15) is 5.11 Å². The van der Waals surface area contributed by atoms with Gasteiger partial charge in [-0.25, -0.2) is 0 Å². The number of nitrogens with one attached hydrogen (secondary N) is 2. The summed E-state index contributed by atoms with van der Waals surface area (Å²) in [5.74, 6) is 0.847. The van der Waals surface area contributed by atoms with E-state index in [0.717, 1.165) is 45.0 Å². The molecule has 4 heteroatoms. The normalized spacial score (nSPS) is 21.3. The van der Waals surface area contributed by atoms with E-state index in [1.165, 1.54) is 21.6 Å². The minimum Gasteiger partial charge on any atom is -0.491 e. The lowest BCUT2D eigenvalue weighted by molar-refractivity contribution is -1.02. The summed E-state index contributed by atoms with van der Waals surface area (Å²) in [6.07, 6.45) is -0.415. The molecule has 0 spiro atoms. The predicted octanol–water partition coefficient (Wildman–Crippen LogP) is 0.0267. The molecule has 1 aliphatic heterocycles. The number of piperazine rings is 1. The maximum absolute atomic E-state index is 10.3. The maximum Gasteiger partial charge on any atom is 0.137 e. The van der Waals surface area contributed by atoms with Crippen LogP contribution >= 0.6 is 0 Å². The molecule has 1 atom stereocenters. The van der Waals surface area contributed by atoms with Gasteiger partial charge in [0.15, 0.2) is 0 Å². The Balaban J connectivity index is 1.37. The molecule has 3 N–H and O–H groups in total. The van der Waals surface area contributed by atoms with Gasteiger partial charge in [0.25, 0.3) is 0 Å². The van der Waals surface area contributed by atoms with Crippen LogP contribution in [0.3, 0.4) is 0 Å². The lowest BCUT2D eigenvalue weighted by Crippen LogP contribution is -3.28. The first kappa shape index (κ1) is 18.9. The van der Waals surface area contributed by atoms with E-state index < -0.39 is 6.10 Å². The minimum atomic E-state index is -0.415. The zero-order valence-corrected chi connectivity index (χ0v) is 16.0. The molecule has 0 aromatic heterocycles. The van der Waals surface area contributed by atoms with E-state index in [-0.39, 0.29) is 0 Å². The highest BCUT2D eigenvalue weighted by molar-refractivity contribution is 5.33. The van der Waals surface area contributed by atoms with Gasteiger partial charge < -0.3 is 19.6 Å². The van der Waals surface area contributed by atoms with Gasteiger partial charge in [0.1, 0.15) is 57.7 Å². The first-order chi connectivity index (χ1) is 12.6. The molecule has 0 aliphatic carbocycles. The summed E-state index contributed by atoms with van der Waals surface area (Å²) in [6.45, 7) is 11.0.